The number of carbonyl (C=O) groups is 2. The molecular formula is C42H58N6O2S4. The number of H-pyrrole nitrogens is 2. The topological polar surface area (TPSA) is 98.0 Å². The quantitative estimate of drug-likeness (QED) is 0.183. The Morgan fingerprint density at radius 3 is 1.72 bits per heavy atom. The lowest BCUT2D eigenvalue weighted by Crippen LogP contribution is -2.37. The van der Waals surface area contributed by atoms with Crippen LogP contribution in [0.2, 0.25) is 0 Å². The van der Waals surface area contributed by atoms with Crippen molar-refractivity contribution in [3.8, 4) is 23.1 Å². The summed E-state index contributed by atoms with van der Waals surface area (Å²) in [6.07, 6.45) is 8.69. The van der Waals surface area contributed by atoms with Crippen LogP contribution in [0.3, 0.4) is 0 Å². The van der Waals surface area contributed by atoms with Crippen LogP contribution < -0.4 is 0 Å². The third-order valence-electron chi connectivity index (χ3n) is 12.6. The molecule has 0 radical (unpaired) electrons. The fourth-order valence-corrected chi connectivity index (χ4v) is 8.03. The average Bonchev–Trinajstić information content (AvgIpc) is 3.72. The van der Waals surface area contributed by atoms with E-state index in [1.54, 1.807) is 0 Å². The van der Waals surface area contributed by atoms with Crippen LogP contribution >= 0.6 is 54.0 Å². The van der Waals surface area contributed by atoms with E-state index in [-0.39, 0.29) is 101 Å². The van der Waals surface area contributed by atoms with E-state index in [4.69, 9.17) is 9.97 Å². The minimum absolute atomic E-state index is 0. The van der Waals surface area contributed by atoms with Crippen molar-refractivity contribution >= 4 is 76.8 Å². The number of hydrogen-bond donors (Lipinski definition) is 2. The molecule has 4 heterocycles. The van der Waals surface area contributed by atoms with Crippen molar-refractivity contribution in [2.75, 3.05) is 13.1 Å². The summed E-state index contributed by atoms with van der Waals surface area (Å²) in [5.41, 5.74) is 6.27. The highest BCUT2D eigenvalue weighted by Crippen LogP contribution is 2.59. The minimum Gasteiger partial charge on any atom is -0.340 e. The van der Waals surface area contributed by atoms with E-state index in [0.717, 1.165) is 71.0 Å². The largest absolute Gasteiger partial charge is 0.340 e. The lowest BCUT2D eigenvalue weighted by Gasteiger charge is -2.28. The maximum atomic E-state index is 13.5. The third-order valence-corrected chi connectivity index (χ3v) is 12.6. The van der Waals surface area contributed by atoms with Gasteiger partial charge in [0.05, 0.1) is 35.0 Å². The fraction of sp³-hybridized carbons (Fsp3) is 0.524. The molecule has 2 aliphatic heterocycles. The third kappa shape index (κ3) is 8.40. The second-order valence-corrected chi connectivity index (χ2v) is 16.8. The van der Waals surface area contributed by atoms with Crippen LogP contribution in [0.15, 0.2) is 48.7 Å². The van der Waals surface area contributed by atoms with Crippen molar-refractivity contribution in [2.45, 2.75) is 92.2 Å². The zero-order valence-corrected chi connectivity index (χ0v) is 36.3. The van der Waals surface area contributed by atoms with Gasteiger partial charge in [-0.15, -0.1) is 0 Å². The monoisotopic (exact) mass is 806 g/mol. The summed E-state index contributed by atoms with van der Waals surface area (Å²) >= 11 is 0. The van der Waals surface area contributed by atoms with Gasteiger partial charge in [0.25, 0.3) is 0 Å². The normalized spacial score (nSPS) is 21.1. The molecule has 2 saturated carbocycles. The fourth-order valence-electron chi connectivity index (χ4n) is 8.03. The summed E-state index contributed by atoms with van der Waals surface area (Å²) in [6, 6.07) is 14.4. The molecule has 4 aromatic rings. The summed E-state index contributed by atoms with van der Waals surface area (Å²) < 4.78 is 0. The smallest absolute Gasteiger partial charge is 0.226 e. The van der Waals surface area contributed by atoms with Crippen LogP contribution in [0.1, 0.15) is 115 Å². The number of rotatable bonds is 7. The lowest BCUT2D eigenvalue weighted by atomic mass is 9.96. The Morgan fingerprint density at radius 1 is 0.704 bits per heavy atom. The van der Waals surface area contributed by atoms with Gasteiger partial charge in [0, 0.05) is 36.1 Å². The number of imidazole rings is 2. The second kappa shape index (κ2) is 16.6. The van der Waals surface area contributed by atoms with Gasteiger partial charge < -0.3 is 19.8 Å². The molecule has 4 atom stereocenters. The summed E-state index contributed by atoms with van der Waals surface area (Å²) in [6.45, 7) is 14.3. The van der Waals surface area contributed by atoms with E-state index in [1.807, 2.05) is 30.5 Å². The molecule has 2 N–H and O–H groups in total. The average molecular weight is 807 g/mol. The van der Waals surface area contributed by atoms with Crippen molar-refractivity contribution in [1.29, 1.82) is 0 Å². The van der Waals surface area contributed by atoms with Crippen molar-refractivity contribution in [1.82, 2.24) is 29.7 Å². The molecule has 2 aliphatic carbocycles. The van der Waals surface area contributed by atoms with Crippen molar-refractivity contribution in [2.24, 2.45) is 34.5 Å². The number of nitrogens with one attached hydrogen (secondary N) is 2. The molecular weight excluding hydrogens is 749 g/mol. The molecule has 8 rings (SSSR count). The molecule has 292 valence electrons. The van der Waals surface area contributed by atoms with Crippen LogP contribution in [0.5, 0.6) is 0 Å². The molecule has 54 heavy (non-hydrogen) atoms. The molecule has 2 aromatic carbocycles. The molecule has 0 unspecified atom stereocenters. The molecule has 2 aromatic heterocycles. The number of aromatic nitrogens is 4. The van der Waals surface area contributed by atoms with E-state index >= 15 is 0 Å². The Kier molecular flexibility index (Phi) is 13.5. The predicted octanol–water partition coefficient (Wildman–Crippen LogP) is 8.50. The van der Waals surface area contributed by atoms with Gasteiger partial charge in [-0.1, -0.05) is 65.5 Å². The summed E-state index contributed by atoms with van der Waals surface area (Å²) in [7, 11) is 0. The second-order valence-electron chi connectivity index (χ2n) is 16.8. The van der Waals surface area contributed by atoms with Crippen molar-refractivity contribution in [3.05, 3.63) is 71.4 Å². The Bertz CT molecular complexity index is 2020. The highest BCUT2D eigenvalue weighted by molar-refractivity contribution is 7.59. The van der Waals surface area contributed by atoms with E-state index in [2.05, 4.69) is 91.4 Å². The predicted molar refractivity (Wildman–Crippen MR) is 237 cm³/mol. The van der Waals surface area contributed by atoms with Crippen LogP contribution in [0, 0.1) is 46.3 Å². The van der Waals surface area contributed by atoms with Crippen molar-refractivity contribution < 1.29 is 9.59 Å². The molecule has 2 spiro atoms. The molecule has 4 aliphatic rings. The summed E-state index contributed by atoms with van der Waals surface area (Å²) in [5, 5.41) is 0. The molecule has 2 amide bonds. The number of carbonyl (C=O) groups excluding carboxylic acids is 2. The van der Waals surface area contributed by atoms with Gasteiger partial charge in [-0.25, -0.2) is 9.97 Å². The molecule has 8 nitrogen and oxygen atoms in total. The first kappa shape index (κ1) is 43.7. The minimum atomic E-state index is -0.00296. The lowest BCUT2D eigenvalue weighted by molar-refractivity contribution is -0.138. The number of fused-ring (bicyclic) bond motifs is 1. The first-order valence-electron chi connectivity index (χ1n) is 18.7. The van der Waals surface area contributed by atoms with Gasteiger partial charge in [0.1, 0.15) is 11.6 Å². The van der Waals surface area contributed by atoms with Gasteiger partial charge in [-0.3, -0.25) is 9.59 Å². The van der Waals surface area contributed by atoms with Crippen LogP contribution in [0.4, 0.5) is 0 Å². The first-order chi connectivity index (χ1) is 23.9. The molecule has 12 heteroatoms. The highest BCUT2D eigenvalue weighted by atomic mass is 32.1. The molecule has 2 saturated heterocycles. The Hall–Kier alpha value is -2.98. The van der Waals surface area contributed by atoms with E-state index in [9.17, 15) is 9.59 Å². The summed E-state index contributed by atoms with van der Waals surface area (Å²) in [5.74, 6) is 9.55. The maximum Gasteiger partial charge on any atom is 0.226 e. The van der Waals surface area contributed by atoms with Crippen LogP contribution in [-0.4, -0.2) is 54.6 Å². The molecule has 4 fully saturated rings. The van der Waals surface area contributed by atoms with Gasteiger partial charge >= 0.3 is 0 Å². The van der Waals surface area contributed by atoms with E-state index in [0.29, 0.717) is 11.8 Å². The number of hydrogen-bond acceptors (Lipinski definition) is 4. The van der Waals surface area contributed by atoms with Gasteiger partial charge in [0.15, 0.2) is 0 Å². The standard InChI is InChI=1S/C42H50N6O2.4H2S/c1-25(2)27(5)39(49)47-23-41(15-16-41)20-35(47)37-43-22-34(46-37)31-12-9-29(10-13-31)7-8-30-11-14-32-33(19-30)45-38(44-32)36-21-42(17-18-42)24-48(36)40(50)28(6)26(3)4;;;;/h9-14,19,22,25-28,35-36H,15-18,20-21,23-24H2,1-6H3,(H,43,46)(H,44,45);4*1H2/t27-,28-,35-,36-;;;;/m0..../s1. The highest BCUT2D eigenvalue weighted by Gasteiger charge is 2.56. The van der Waals surface area contributed by atoms with Crippen LogP contribution in [-0.2, 0) is 9.59 Å². The number of benzene rings is 2. The Morgan fingerprint density at radius 2 is 1.20 bits per heavy atom. The van der Waals surface area contributed by atoms with E-state index in [1.165, 1.54) is 25.7 Å². The van der Waals surface area contributed by atoms with Crippen LogP contribution in [0.25, 0.3) is 22.3 Å². The molecule has 0 bridgehead atoms. The van der Waals surface area contributed by atoms with Gasteiger partial charge in [-0.2, -0.15) is 54.0 Å². The number of aromatic amines is 2. The number of likely N-dealkylation sites (tertiary alicyclic amines) is 2. The zero-order valence-electron chi connectivity index (χ0n) is 32.3. The van der Waals surface area contributed by atoms with Crippen molar-refractivity contribution in [3.63, 3.8) is 0 Å². The first-order valence-corrected chi connectivity index (χ1v) is 18.7. The van der Waals surface area contributed by atoms with Gasteiger partial charge in [-0.05, 0) is 97.1 Å². The maximum absolute atomic E-state index is 13.5. The SMILES string of the molecule is CC(C)[C@H](C)C(=O)N1CC2(CC2)C[C@H]1c1ncc(-c2ccc(C#Cc3ccc4nc([C@@H]5CC6(CC6)CN5C(=O)[C@@H](C)C(C)C)[nH]c4c3)cc2)[nH]1.S.S.S.S. The summed E-state index contributed by atoms with van der Waals surface area (Å²) in [4.78, 5) is 48.0. The number of amides is 2. The number of nitrogens with zero attached hydrogens (tertiary/aromatic N) is 4. The Labute approximate surface area is 348 Å². The zero-order chi connectivity index (χ0) is 34.9. The van der Waals surface area contributed by atoms with Gasteiger partial charge in [0.2, 0.25) is 11.8 Å². The van der Waals surface area contributed by atoms with E-state index < -0.39 is 0 Å². The Balaban J connectivity index is 0.00000162.